The lowest BCUT2D eigenvalue weighted by molar-refractivity contribution is 0.236. The van der Waals surface area contributed by atoms with Crippen LogP contribution < -0.4 is 4.74 Å². The molecule has 0 radical (unpaired) electrons. The van der Waals surface area contributed by atoms with Gasteiger partial charge in [-0.3, -0.25) is 4.90 Å². The number of ether oxygens (including phenoxy) is 1. The summed E-state index contributed by atoms with van der Waals surface area (Å²) in [6, 6.07) is 6.64. The molecule has 3 nitrogen and oxygen atoms in total. The topological polar surface area (TPSA) is 32.7 Å². The minimum atomic E-state index is 0.0915. The van der Waals surface area contributed by atoms with E-state index in [1.54, 1.807) is 7.11 Å². The summed E-state index contributed by atoms with van der Waals surface area (Å²) in [5.74, 6) is 0.925. The SMILES string of the molecule is CCC1CCCN1Cc1cc(CO)ccc1OC. The van der Waals surface area contributed by atoms with Gasteiger partial charge >= 0.3 is 0 Å². The molecule has 0 saturated carbocycles. The van der Waals surface area contributed by atoms with Gasteiger partial charge in [-0.25, -0.2) is 0 Å². The first-order valence-electron chi connectivity index (χ1n) is 6.79. The Morgan fingerprint density at radius 1 is 1.44 bits per heavy atom. The first-order chi connectivity index (χ1) is 8.78. The number of benzene rings is 1. The van der Waals surface area contributed by atoms with Crippen molar-refractivity contribution in [3.8, 4) is 5.75 Å². The molecule has 0 spiro atoms. The van der Waals surface area contributed by atoms with Crippen LogP contribution in [0.5, 0.6) is 5.75 Å². The van der Waals surface area contributed by atoms with Crippen LogP contribution in [0.1, 0.15) is 37.3 Å². The van der Waals surface area contributed by atoms with E-state index in [0.717, 1.165) is 17.9 Å². The number of aliphatic hydroxyl groups excluding tert-OH is 1. The quantitative estimate of drug-likeness (QED) is 0.870. The lowest BCUT2D eigenvalue weighted by atomic mass is 10.1. The number of aliphatic hydroxyl groups is 1. The molecule has 1 atom stereocenters. The summed E-state index contributed by atoms with van der Waals surface area (Å²) >= 11 is 0. The van der Waals surface area contributed by atoms with Gasteiger partial charge < -0.3 is 9.84 Å². The van der Waals surface area contributed by atoms with Gasteiger partial charge in [-0.15, -0.1) is 0 Å². The number of likely N-dealkylation sites (tertiary alicyclic amines) is 1. The summed E-state index contributed by atoms with van der Waals surface area (Å²) in [6.45, 7) is 4.44. The van der Waals surface area contributed by atoms with Gasteiger partial charge in [0.2, 0.25) is 0 Å². The molecule has 3 heteroatoms. The monoisotopic (exact) mass is 249 g/mol. The molecule has 1 aromatic rings. The Hall–Kier alpha value is -1.06. The molecule has 1 saturated heterocycles. The molecule has 1 N–H and O–H groups in total. The van der Waals surface area contributed by atoms with Crippen molar-refractivity contribution in [3.63, 3.8) is 0 Å². The average Bonchev–Trinajstić information content (AvgIpc) is 2.86. The summed E-state index contributed by atoms with van der Waals surface area (Å²) in [4.78, 5) is 2.53. The lowest BCUT2D eigenvalue weighted by Gasteiger charge is -2.24. The summed E-state index contributed by atoms with van der Waals surface area (Å²) in [5, 5.41) is 9.23. The normalized spacial score (nSPS) is 20.3. The van der Waals surface area contributed by atoms with Crippen molar-refractivity contribution in [2.45, 2.75) is 45.4 Å². The highest BCUT2D eigenvalue weighted by atomic mass is 16.5. The second-order valence-corrected chi connectivity index (χ2v) is 4.98. The number of hydrogen-bond donors (Lipinski definition) is 1. The van der Waals surface area contributed by atoms with E-state index in [1.165, 1.54) is 31.4 Å². The van der Waals surface area contributed by atoms with E-state index in [-0.39, 0.29) is 6.61 Å². The zero-order valence-electron chi connectivity index (χ0n) is 11.4. The van der Waals surface area contributed by atoms with Crippen molar-refractivity contribution in [2.24, 2.45) is 0 Å². The molecule has 1 fully saturated rings. The van der Waals surface area contributed by atoms with Crippen LogP contribution in [0.3, 0.4) is 0 Å². The standard InChI is InChI=1S/C15H23NO2/c1-3-14-5-4-8-16(14)10-13-9-12(11-17)6-7-15(13)18-2/h6-7,9,14,17H,3-5,8,10-11H2,1-2H3. The summed E-state index contributed by atoms with van der Waals surface area (Å²) in [7, 11) is 1.71. The second-order valence-electron chi connectivity index (χ2n) is 4.98. The summed E-state index contributed by atoms with van der Waals surface area (Å²) in [6.07, 6.45) is 3.81. The predicted octanol–water partition coefficient (Wildman–Crippen LogP) is 2.56. The summed E-state index contributed by atoms with van der Waals surface area (Å²) in [5.41, 5.74) is 2.14. The number of rotatable bonds is 5. The van der Waals surface area contributed by atoms with Gasteiger partial charge in [-0.1, -0.05) is 13.0 Å². The van der Waals surface area contributed by atoms with Crippen molar-refractivity contribution in [1.29, 1.82) is 0 Å². The molecule has 18 heavy (non-hydrogen) atoms. The van der Waals surface area contributed by atoms with Crippen molar-refractivity contribution in [3.05, 3.63) is 29.3 Å². The van der Waals surface area contributed by atoms with Gasteiger partial charge in [0.1, 0.15) is 5.75 Å². The lowest BCUT2D eigenvalue weighted by Crippen LogP contribution is -2.28. The molecule has 1 unspecified atom stereocenters. The molecular formula is C15H23NO2. The van der Waals surface area contributed by atoms with E-state index < -0.39 is 0 Å². The van der Waals surface area contributed by atoms with E-state index in [4.69, 9.17) is 4.74 Å². The highest BCUT2D eigenvalue weighted by Gasteiger charge is 2.23. The minimum Gasteiger partial charge on any atom is -0.496 e. The fourth-order valence-corrected chi connectivity index (χ4v) is 2.84. The van der Waals surface area contributed by atoms with E-state index in [1.807, 2.05) is 12.1 Å². The predicted molar refractivity (Wildman–Crippen MR) is 72.6 cm³/mol. The molecule has 0 bridgehead atoms. The van der Waals surface area contributed by atoms with Gasteiger partial charge in [-0.05, 0) is 43.5 Å². The molecule has 1 aliphatic heterocycles. The Morgan fingerprint density at radius 3 is 2.94 bits per heavy atom. The van der Waals surface area contributed by atoms with Crippen LogP contribution >= 0.6 is 0 Å². The van der Waals surface area contributed by atoms with Crippen LogP contribution in [-0.2, 0) is 13.2 Å². The fraction of sp³-hybridized carbons (Fsp3) is 0.600. The number of hydrogen-bond acceptors (Lipinski definition) is 3. The maximum absolute atomic E-state index is 9.23. The Morgan fingerprint density at radius 2 is 2.28 bits per heavy atom. The zero-order chi connectivity index (χ0) is 13.0. The first-order valence-corrected chi connectivity index (χ1v) is 6.79. The van der Waals surface area contributed by atoms with Crippen LogP contribution in [0, 0.1) is 0 Å². The Balaban J connectivity index is 2.16. The zero-order valence-corrected chi connectivity index (χ0v) is 11.4. The molecule has 0 aromatic heterocycles. The highest BCUT2D eigenvalue weighted by molar-refractivity contribution is 5.37. The summed E-state index contributed by atoms with van der Waals surface area (Å²) < 4.78 is 5.42. The third kappa shape index (κ3) is 2.85. The Kier molecular flexibility index (Phi) is 4.61. The molecule has 0 aliphatic carbocycles. The molecule has 1 heterocycles. The van der Waals surface area contributed by atoms with Crippen molar-refractivity contribution < 1.29 is 9.84 Å². The van der Waals surface area contributed by atoms with E-state index in [2.05, 4.69) is 17.9 Å². The molecule has 1 aromatic carbocycles. The van der Waals surface area contributed by atoms with E-state index in [9.17, 15) is 5.11 Å². The Bertz CT molecular complexity index is 392. The average molecular weight is 249 g/mol. The number of nitrogens with zero attached hydrogens (tertiary/aromatic N) is 1. The highest BCUT2D eigenvalue weighted by Crippen LogP contribution is 2.27. The molecule has 100 valence electrons. The smallest absolute Gasteiger partial charge is 0.123 e. The fourth-order valence-electron chi connectivity index (χ4n) is 2.84. The first kappa shape index (κ1) is 13.4. The van der Waals surface area contributed by atoms with Crippen molar-refractivity contribution >= 4 is 0 Å². The van der Waals surface area contributed by atoms with Gasteiger partial charge in [-0.2, -0.15) is 0 Å². The molecule has 2 rings (SSSR count). The van der Waals surface area contributed by atoms with Crippen molar-refractivity contribution in [2.75, 3.05) is 13.7 Å². The van der Waals surface area contributed by atoms with Gasteiger partial charge in [0.15, 0.2) is 0 Å². The third-order valence-corrected chi connectivity index (χ3v) is 3.87. The maximum atomic E-state index is 9.23. The van der Waals surface area contributed by atoms with Crippen LogP contribution in [0.2, 0.25) is 0 Å². The maximum Gasteiger partial charge on any atom is 0.123 e. The minimum absolute atomic E-state index is 0.0915. The van der Waals surface area contributed by atoms with E-state index >= 15 is 0 Å². The van der Waals surface area contributed by atoms with Crippen LogP contribution in [0.4, 0.5) is 0 Å². The molecular weight excluding hydrogens is 226 g/mol. The van der Waals surface area contributed by atoms with Crippen LogP contribution in [0.25, 0.3) is 0 Å². The van der Waals surface area contributed by atoms with E-state index in [0.29, 0.717) is 6.04 Å². The van der Waals surface area contributed by atoms with Crippen molar-refractivity contribution in [1.82, 2.24) is 4.90 Å². The van der Waals surface area contributed by atoms with Gasteiger partial charge in [0.25, 0.3) is 0 Å². The van der Waals surface area contributed by atoms with Crippen LogP contribution in [0.15, 0.2) is 18.2 Å². The Labute approximate surface area is 109 Å². The van der Waals surface area contributed by atoms with Crippen LogP contribution in [-0.4, -0.2) is 29.7 Å². The third-order valence-electron chi connectivity index (χ3n) is 3.87. The van der Waals surface area contributed by atoms with Gasteiger partial charge in [0.05, 0.1) is 13.7 Å². The molecule has 0 amide bonds. The number of methoxy groups -OCH3 is 1. The van der Waals surface area contributed by atoms with Gasteiger partial charge in [0, 0.05) is 18.2 Å². The molecule has 1 aliphatic rings. The largest absolute Gasteiger partial charge is 0.496 e. The second kappa shape index (κ2) is 6.21.